The first-order valence-corrected chi connectivity index (χ1v) is 6.99. The van der Waals surface area contributed by atoms with E-state index < -0.39 is 0 Å². The lowest BCUT2D eigenvalue weighted by molar-refractivity contribution is 0.961. The van der Waals surface area contributed by atoms with E-state index >= 15 is 0 Å². The average Bonchev–Trinajstić information content (AvgIpc) is 2.47. The zero-order chi connectivity index (χ0) is 14.8. The second-order valence-electron chi connectivity index (χ2n) is 5.30. The van der Waals surface area contributed by atoms with Crippen molar-refractivity contribution >= 4 is 22.7 Å². The molecule has 106 valence electrons. The van der Waals surface area contributed by atoms with Crippen LogP contribution in [0.4, 0.5) is 11.8 Å². The highest BCUT2D eigenvalue weighted by Gasteiger charge is 2.05. The molecule has 0 saturated heterocycles. The number of fused-ring (bicyclic) bond motifs is 1. The molecule has 0 aliphatic rings. The minimum absolute atomic E-state index is 0.215. The first-order valence-electron chi connectivity index (χ1n) is 6.99. The van der Waals surface area contributed by atoms with E-state index in [1.54, 1.807) is 0 Å². The van der Waals surface area contributed by atoms with Crippen molar-refractivity contribution in [3.05, 3.63) is 59.2 Å². The lowest BCUT2D eigenvalue weighted by Gasteiger charge is -2.06. The molecule has 2 aromatic carbocycles. The molecule has 0 spiro atoms. The van der Waals surface area contributed by atoms with E-state index in [2.05, 4.69) is 53.3 Å². The quantitative estimate of drug-likeness (QED) is 0.772. The Morgan fingerprint density at radius 3 is 2.29 bits per heavy atom. The Morgan fingerprint density at radius 1 is 0.857 bits per heavy atom. The lowest BCUT2D eigenvalue weighted by Crippen LogP contribution is -2.01. The summed E-state index contributed by atoms with van der Waals surface area (Å²) in [6, 6.07) is 14.7. The molecule has 0 bridgehead atoms. The van der Waals surface area contributed by atoms with Gasteiger partial charge in [-0.1, -0.05) is 35.9 Å². The van der Waals surface area contributed by atoms with Crippen LogP contribution in [0, 0.1) is 6.92 Å². The van der Waals surface area contributed by atoms with Crippen LogP contribution in [0.5, 0.6) is 0 Å². The second kappa shape index (κ2) is 5.40. The zero-order valence-electron chi connectivity index (χ0n) is 12.0. The van der Waals surface area contributed by atoms with Crippen LogP contribution in [-0.2, 0) is 12.8 Å². The number of anilines is 2. The van der Waals surface area contributed by atoms with Gasteiger partial charge >= 0.3 is 0 Å². The van der Waals surface area contributed by atoms with Crippen LogP contribution < -0.4 is 11.5 Å². The Labute approximate surface area is 123 Å². The molecule has 0 aliphatic heterocycles. The fraction of sp³-hybridized carbons (Fsp3) is 0.176. The molecular weight excluding hydrogens is 260 g/mol. The number of aryl methyl sites for hydroxylation is 3. The van der Waals surface area contributed by atoms with E-state index in [1.807, 2.05) is 6.07 Å². The van der Waals surface area contributed by atoms with Crippen molar-refractivity contribution in [2.24, 2.45) is 0 Å². The summed E-state index contributed by atoms with van der Waals surface area (Å²) in [5, 5.41) is 0.866. The number of nitrogens with two attached hydrogens (primary N) is 2. The van der Waals surface area contributed by atoms with Gasteiger partial charge in [0.1, 0.15) is 5.82 Å². The summed E-state index contributed by atoms with van der Waals surface area (Å²) in [4.78, 5) is 8.21. The summed E-state index contributed by atoms with van der Waals surface area (Å²) in [5.41, 5.74) is 16.2. The molecule has 4 N–H and O–H groups in total. The number of benzene rings is 2. The Morgan fingerprint density at radius 2 is 1.52 bits per heavy atom. The van der Waals surface area contributed by atoms with E-state index in [0.717, 1.165) is 23.7 Å². The Hall–Kier alpha value is -2.62. The molecule has 0 unspecified atom stereocenters. The number of hydrogen-bond donors (Lipinski definition) is 2. The molecule has 0 amide bonds. The fourth-order valence-electron chi connectivity index (χ4n) is 2.42. The summed E-state index contributed by atoms with van der Waals surface area (Å²) < 4.78 is 0. The van der Waals surface area contributed by atoms with Gasteiger partial charge in [-0.3, -0.25) is 0 Å². The van der Waals surface area contributed by atoms with E-state index in [0.29, 0.717) is 5.82 Å². The SMILES string of the molecule is Cc1ccc(CCc2ccc3nc(N)nc(N)c3c2)cc1. The third-order valence-electron chi connectivity index (χ3n) is 3.63. The Bertz CT molecular complexity index is 779. The molecule has 0 fully saturated rings. The van der Waals surface area contributed by atoms with E-state index in [-0.39, 0.29) is 5.95 Å². The summed E-state index contributed by atoms with van der Waals surface area (Å²) in [6.07, 6.45) is 1.96. The molecule has 3 rings (SSSR count). The number of aromatic nitrogens is 2. The highest BCUT2D eigenvalue weighted by Crippen LogP contribution is 2.21. The van der Waals surface area contributed by atoms with Crippen molar-refractivity contribution in [3.8, 4) is 0 Å². The number of nitrogen functional groups attached to an aromatic ring is 2. The third-order valence-corrected chi connectivity index (χ3v) is 3.63. The van der Waals surface area contributed by atoms with Crippen LogP contribution >= 0.6 is 0 Å². The van der Waals surface area contributed by atoms with Gasteiger partial charge in [0, 0.05) is 5.39 Å². The molecule has 21 heavy (non-hydrogen) atoms. The minimum atomic E-state index is 0.215. The van der Waals surface area contributed by atoms with Crippen LogP contribution in [0.15, 0.2) is 42.5 Å². The molecule has 1 aromatic heterocycles. The second-order valence-corrected chi connectivity index (χ2v) is 5.30. The van der Waals surface area contributed by atoms with Crippen molar-refractivity contribution in [3.63, 3.8) is 0 Å². The van der Waals surface area contributed by atoms with E-state index in [4.69, 9.17) is 11.5 Å². The normalized spacial score (nSPS) is 10.9. The molecule has 4 nitrogen and oxygen atoms in total. The smallest absolute Gasteiger partial charge is 0.222 e. The van der Waals surface area contributed by atoms with Gasteiger partial charge in [0.15, 0.2) is 0 Å². The van der Waals surface area contributed by atoms with Crippen LogP contribution in [0.1, 0.15) is 16.7 Å². The van der Waals surface area contributed by atoms with Gasteiger partial charge < -0.3 is 11.5 Å². The predicted molar refractivity (Wildman–Crippen MR) is 86.9 cm³/mol. The Kier molecular flexibility index (Phi) is 3.44. The van der Waals surface area contributed by atoms with Gasteiger partial charge in [0.25, 0.3) is 0 Å². The van der Waals surface area contributed by atoms with Crippen LogP contribution in [0.2, 0.25) is 0 Å². The number of rotatable bonds is 3. The molecule has 0 radical (unpaired) electrons. The topological polar surface area (TPSA) is 77.8 Å². The first kappa shape index (κ1) is 13.4. The predicted octanol–water partition coefficient (Wildman–Crippen LogP) is 2.89. The van der Waals surface area contributed by atoms with E-state index in [9.17, 15) is 0 Å². The van der Waals surface area contributed by atoms with Gasteiger partial charge in [-0.2, -0.15) is 4.98 Å². The molecule has 4 heteroatoms. The van der Waals surface area contributed by atoms with Gasteiger partial charge in [-0.15, -0.1) is 0 Å². The molecule has 3 aromatic rings. The maximum absolute atomic E-state index is 5.92. The first-order chi connectivity index (χ1) is 10.1. The lowest BCUT2D eigenvalue weighted by atomic mass is 10.0. The maximum atomic E-state index is 5.92. The fourth-order valence-corrected chi connectivity index (χ4v) is 2.42. The van der Waals surface area contributed by atoms with Gasteiger partial charge in [0.2, 0.25) is 5.95 Å². The van der Waals surface area contributed by atoms with Crippen molar-refractivity contribution in [2.75, 3.05) is 11.5 Å². The highest BCUT2D eigenvalue weighted by atomic mass is 15.0. The van der Waals surface area contributed by atoms with Crippen molar-refractivity contribution < 1.29 is 0 Å². The summed E-state index contributed by atoms with van der Waals surface area (Å²) in [7, 11) is 0. The molecule has 1 heterocycles. The minimum Gasteiger partial charge on any atom is -0.383 e. The van der Waals surface area contributed by atoms with Gasteiger partial charge in [0.05, 0.1) is 5.52 Å². The van der Waals surface area contributed by atoms with Gasteiger partial charge in [-0.05, 0) is 43.0 Å². The number of hydrogen-bond acceptors (Lipinski definition) is 4. The molecule has 0 atom stereocenters. The van der Waals surface area contributed by atoms with Crippen molar-refractivity contribution in [1.82, 2.24) is 9.97 Å². The maximum Gasteiger partial charge on any atom is 0.222 e. The number of nitrogens with zero attached hydrogens (tertiary/aromatic N) is 2. The highest BCUT2D eigenvalue weighted by molar-refractivity contribution is 5.89. The van der Waals surface area contributed by atoms with Crippen molar-refractivity contribution in [2.45, 2.75) is 19.8 Å². The largest absolute Gasteiger partial charge is 0.383 e. The summed E-state index contributed by atoms with van der Waals surface area (Å²) in [5.74, 6) is 0.655. The van der Waals surface area contributed by atoms with Crippen LogP contribution in [-0.4, -0.2) is 9.97 Å². The average molecular weight is 278 g/mol. The zero-order valence-corrected chi connectivity index (χ0v) is 12.0. The molecule has 0 aliphatic carbocycles. The van der Waals surface area contributed by atoms with Crippen LogP contribution in [0.3, 0.4) is 0 Å². The standard InChI is InChI=1S/C17H18N4/c1-11-2-4-12(5-3-11)6-7-13-8-9-15-14(10-13)16(18)21-17(19)20-15/h2-5,8-10H,6-7H2,1H3,(H4,18,19,20,21). The molecular formula is C17H18N4. The van der Waals surface area contributed by atoms with Gasteiger partial charge in [-0.25, -0.2) is 4.98 Å². The summed E-state index contributed by atoms with van der Waals surface area (Å²) in [6.45, 7) is 2.10. The van der Waals surface area contributed by atoms with Crippen molar-refractivity contribution in [1.29, 1.82) is 0 Å². The van der Waals surface area contributed by atoms with Crippen LogP contribution in [0.25, 0.3) is 10.9 Å². The van der Waals surface area contributed by atoms with E-state index in [1.165, 1.54) is 16.7 Å². The Balaban J connectivity index is 1.83. The molecule has 0 saturated carbocycles. The summed E-state index contributed by atoms with van der Waals surface area (Å²) >= 11 is 0. The monoisotopic (exact) mass is 278 g/mol. The third kappa shape index (κ3) is 2.94.